The van der Waals surface area contributed by atoms with Gasteiger partial charge in [0.2, 0.25) is 11.8 Å². The van der Waals surface area contributed by atoms with Crippen LogP contribution in [0.2, 0.25) is 0 Å². The summed E-state index contributed by atoms with van der Waals surface area (Å²) in [4.78, 5) is 25.3. The minimum absolute atomic E-state index is 0.0588. The summed E-state index contributed by atoms with van der Waals surface area (Å²) < 4.78 is 27.3. The molecule has 0 unspecified atom stereocenters. The maximum atomic E-state index is 12.8. The molecular weight excluding hydrogens is 294 g/mol. The third-order valence-corrected chi connectivity index (χ3v) is 4.20. The van der Waals surface area contributed by atoms with E-state index in [-0.39, 0.29) is 37.1 Å². The Hall–Kier alpha value is -1.99. The summed E-state index contributed by atoms with van der Waals surface area (Å²) in [5.41, 5.74) is 0.870. The van der Waals surface area contributed by atoms with E-state index < -0.39 is 12.0 Å². The highest BCUT2D eigenvalue weighted by molar-refractivity contribution is 5.77. The van der Waals surface area contributed by atoms with Gasteiger partial charge in [0, 0.05) is 38.5 Å². The molecule has 1 aromatic rings. The van der Waals surface area contributed by atoms with Crippen molar-refractivity contribution in [2.45, 2.75) is 50.7 Å². The minimum Gasteiger partial charge on any atom is -0.353 e. The van der Waals surface area contributed by atoms with Crippen molar-refractivity contribution in [3.63, 3.8) is 0 Å². The second-order valence-electron chi connectivity index (χ2n) is 6.05. The Labute approximate surface area is 126 Å². The minimum atomic E-state index is -2.65. The molecule has 22 heavy (non-hydrogen) atoms. The monoisotopic (exact) mass is 312 g/mol. The molecule has 120 valence electrons. The third-order valence-electron chi connectivity index (χ3n) is 4.20. The first-order valence-corrected chi connectivity index (χ1v) is 7.29. The van der Waals surface area contributed by atoms with Crippen LogP contribution in [0.25, 0.3) is 0 Å². The zero-order valence-electron chi connectivity index (χ0n) is 12.3. The van der Waals surface area contributed by atoms with Gasteiger partial charge >= 0.3 is 0 Å². The molecule has 8 heteroatoms. The van der Waals surface area contributed by atoms with E-state index in [0.29, 0.717) is 13.1 Å². The number of rotatable bonds is 3. The number of amides is 2. The Morgan fingerprint density at radius 1 is 1.45 bits per heavy atom. The molecule has 1 N–H and O–H groups in total. The molecule has 0 radical (unpaired) electrons. The summed E-state index contributed by atoms with van der Waals surface area (Å²) >= 11 is 0. The molecule has 1 atom stereocenters. The van der Waals surface area contributed by atoms with Crippen LogP contribution in [-0.4, -0.2) is 45.0 Å². The second-order valence-corrected chi connectivity index (χ2v) is 6.05. The predicted octanol–water partition coefficient (Wildman–Crippen LogP) is 1.09. The standard InChI is InChI=1S/C14H18F2N4O2/c1-9(21)19-7-11-2-3-17-20(11)12(8-19)4-13(22)18-10-5-14(15,16)6-10/h2-3,10,12H,4-8H2,1H3,(H,18,22)/t12-/m1/s1. The Balaban J connectivity index is 1.62. The van der Waals surface area contributed by atoms with E-state index in [9.17, 15) is 18.4 Å². The lowest BCUT2D eigenvalue weighted by atomic mass is 9.88. The molecule has 0 bridgehead atoms. The molecule has 1 saturated carbocycles. The molecule has 0 aromatic carbocycles. The van der Waals surface area contributed by atoms with Crippen LogP contribution in [0, 0.1) is 0 Å². The van der Waals surface area contributed by atoms with Crippen molar-refractivity contribution in [3.05, 3.63) is 18.0 Å². The van der Waals surface area contributed by atoms with Crippen LogP contribution in [0.5, 0.6) is 0 Å². The molecule has 1 aromatic heterocycles. The molecule has 0 saturated heterocycles. The van der Waals surface area contributed by atoms with Crippen molar-refractivity contribution in [2.75, 3.05) is 6.54 Å². The zero-order valence-corrected chi connectivity index (χ0v) is 12.3. The fraction of sp³-hybridized carbons (Fsp3) is 0.643. The molecule has 0 spiro atoms. The maximum absolute atomic E-state index is 12.8. The van der Waals surface area contributed by atoms with Gasteiger partial charge < -0.3 is 10.2 Å². The quantitative estimate of drug-likeness (QED) is 0.908. The number of nitrogens with one attached hydrogen (secondary N) is 1. The molecule has 3 rings (SSSR count). The van der Waals surface area contributed by atoms with Crippen LogP contribution in [0.3, 0.4) is 0 Å². The van der Waals surface area contributed by atoms with E-state index in [1.165, 1.54) is 6.92 Å². The Bertz CT molecular complexity index is 593. The summed E-state index contributed by atoms with van der Waals surface area (Å²) in [6.45, 7) is 2.36. The Kier molecular flexibility index (Phi) is 3.62. The smallest absolute Gasteiger partial charge is 0.252 e. The Morgan fingerprint density at radius 3 is 2.82 bits per heavy atom. The van der Waals surface area contributed by atoms with E-state index in [0.717, 1.165) is 5.69 Å². The van der Waals surface area contributed by atoms with E-state index in [2.05, 4.69) is 10.4 Å². The molecule has 2 aliphatic rings. The first-order valence-electron chi connectivity index (χ1n) is 7.29. The summed E-state index contributed by atoms with van der Waals surface area (Å²) in [6.07, 6.45) is 1.17. The number of fused-ring (bicyclic) bond motifs is 1. The Morgan fingerprint density at radius 2 is 2.18 bits per heavy atom. The van der Waals surface area contributed by atoms with Crippen LogP contribution >= 0.6 is 0 Å². The fourth-order valence-corrected chi connectivity index (χ4v) is 3.04. The van der Waals surface area contributed by atoms with Gasteiger partial charge in [0.25, 0.3) is 5.92 Å². The van der Waals surface area contributed by atoms with Gasteiger partial charge in [-0.2, -0.15) is 5.10 Å². The highest BCUT2D eigenvalue weighted by Gasteiger charge is 2.46. The molecule has 1 fully saturated rings. The van der Waals surface area contributed by atoms with Gasteiger partial charge in [0.05, 0.1) is 24.7 Å². The molecular formula is C14H18F2N4O2. The van der Waals surface area contributed by atoms with E-state index in [1.54, 1.807) is 15.8 Å². The molecule has 2 heterocycles. The topological polar surface area (TPSA) is 67.2 Å². The maximum Gasteiger partial charge on any atom is 0.252 e. The summed E-state index contributed by atoms with van der Waals surface area (Å²) in [6, 6.07) is 1.10. The SMILES string of the molecule is CC(=O)N1Cc2ccnn2[C@H](CC(=O)NC2CC(F)(F)C2)C1. The van der Waals surface area contributed by atoms with Gasteiger partial charge in [-0.25, -0.2) is 8.78 Å². The van der Waals surface area contributed by atoms with Gasteiger partial charge in [-0.3, -0.25) is 14.3 Å². The third kappa shape index (κ3) is 2.95. The van der Waals surface area contributed by atoms with Crippen molar-refractivity contribution in [1.29, 1.82) is 0 Å². The summed E-state index contributed by atoms with van der Waals surface area (Å²) in [7, 11) is 0. The van der Waals surface area contributed by atoms with E-state index in [1.807, 2.05) is 6.07 Å². The normalized spacial score (nSPS) is 23.6. The summed E-state index contributed by atoms with van der Waals surface area (Å²) in [5.74, 6) is -2.99. The highest BCUT2D eigenvalue weighted by Crippen LogP contribution is 2.37. The van der Waals surface area contributed by atoms with E-state index >= 15 is 0 Å². The first-order chi connectivity index (χ1) is 10.3. The van der Waals surface area contributed by atoms with Gasteiger partial charge in [0.15, 0.2) is 0 Å². The number of carbonyl (C=O) groups is 2. The number of hydrogen-bond acceptors (Lipinski definition) is 3. The molecule has 1 aliphatic carbocycles. The van der Waals surface area contributed by atoms with Gasteiger partial charge in [-0.05, 0) is 6.07 Å². The second kappa shape index (κ2) is 5.33. The molecule has 6 nitrogen and oxygen atoms in total. The number of halogens is 2. The lowest BCUT2D eigenvalue weighted by Crippen LogP contribution is -2.51. The lowest BCUT2D eigenvalue weighted by Gasteiger charge is -2.36. The van der Waals surface area contributed by atoms with Crippen LogP contribution in [0.1, 0.15) is 37.9 Å². The summed E-state index contributed by atoms with van der Waals surface area (Å²) in [5, 5.41) is 6.82. The average molecular weight is 312 g/mol. The average Bonchev–Trinajstić information content (AvgIpc) is 2.84. The lowest BCUT2D eigenvalue weighted by molar-refractivity contribution is -0.134. The van der Waals surface area contributed by atoms with Crippen LogP contribution in [0.4, 0.5) is 8.78 Å². The number of alkyl halides is 2. The zero-order chi connectivity index (χ0) is 15.9. The number of hydrogen-bond donors (Lipinski definition) is 1. The first kappa shape index (κ1) is 14.9. The van der Waals surface area contributed by atoms with Gasteiger partial charge in [0.1, 0.15) is 0 Å². The number of aromatic nitrogens is 2. The molecule has 1 aliphatic heterocycles. The van der Waals surface area contributed by atoms with Crippen LogP contribution in [0.15, 0.2) is 12.3 Å². The van der Waals surface area contributed by atoms with E-state index in [4.69, 9.17) is 0 Å². The van der Waals surface area contributed by atoms with Crippen molar-refractivity contribution in [3.8, 4) is 0 Å². The molecule has 2 amide bonds. The van der Waals surface area contributed by atoms with Crippen molar-refractivity contribution in [2.24, 2.45) is 0 Å². The van der Waals surface area contributed by atoms with Crippen LogP contribution < -0.4 is 5.32 Å². The largest absolute Gasteiger partial charge is 0.353 e. The predicted molar refractivity (Wildman–Crippen MR) is 73.1 cm³/mol. The van der Waals surface area contributed by atoms with Gasteiger partial charge in [-0.15, -0.1) is 0 Å². The van der Waals surface area contributed by atoms with Crippen molar-refractivity contribution >= 4 is 11.8 Å². The highest BCUT2D eigenvalue weighted by atomic mass is 19.3. The van der Waals surface area contributed by atoms with Crippen molar-refractivity contribution in [1.82, 2.24) is 20.0 Å². The van der Waals surface area contributed by atoms with Crippen molar-refractivity contribution < 1.29 is 18.4 Å². The fourth-order valence-electron chi connectivity index (χ4n) is 3.04. The van der Waals surface area contributed by atoms with Crippen LogP contribution in [-0.2, 0) is 16.1 Å². The number of nitrogens with zero attached hydrogens (tertiary/aromatic N) is 3. The van der Waals surface area contributed by atoms with Gasteiger partial charge in [-0.1, -0.05) is 0 Å². The number of carbonyl (C=O) groups excluding carboxylic acids is 2.